The second-order valence-electron chi connectivity index (χ2n) is 6.30. The van der Waals surface area contributed by atoms with Crippen LogP contribution in [0.2, 0.25) is 0 Å². The number of hydrogen-bond donors (Lipinski definition) is 1. The fraction of sp³-hybridized carbons (Fsp3) is 0.200. The van der Waals surface area contributed by atoms with Crippen LogP contribution in [-0.4, -0.2) is 41.4 Å². The van der Waals surface area contributed by atoms with Crippen LogP contribution in [0, 0.1) is 0 Å². The van der Waals surface area contributed by atoms with Crippen molar-refractivity contribution in [3.05, 3.63) is 54.1 Å². The average molecular weight is 459 g/mol. The lowest BCUT2D eigenvalue weighted by molar-refractivity contribution is -0.120. The highest BCUT2D eigenvalue weighted by molar-refractivity contribution is 8.03. The molecule has 2 heterocycles. The summed E-state index contributed by atoms with van der Waals surface area (Å²) in [4.78, 5) is 26.1. The van der Waals surface area contributed by atoms with Gasteiger partial charge < -0.3 is 15.0 Å². The molecule has 1 aliphatic rings. The second-order valence-corrected chi connectivity index (χ2v) is 9.73. The number of methoxy groups -OCH3 is 1. The molecular formula is C20H18N4O3S3. The Morgan fingerprint density at radius 1 is 1.13 bits per heavy atom. The van der Waals surface area contributed by atoms with Crippen molar-refractivity contribution >= 4 is 58.0 Å². The van der Waals surface area contributed by atoms with Crippen LogP contribution in [0.3, 0.4) is 0 Å². The Kier molecular flexibility index (Phi) is 6.56. The number of fused-ring (bicyclic) bond motifs is 1. The zero-order chi connectivity index (χ0) is 20.9. The minimum Gasteiger partial charge on any atom is -0.497 e. The van der Waals surface area contributed by atoms with Crippen molar-refractivity contribution in [3.63, 3.8) is 0 Å². The summed E-state index contributed by atoms with van der Waals surface area (Å²) in [7, 11) is 1.65. The third-order valence-corrected chi connectivity index (χ3v) is 7.55. The van der Waals surface area contributed by atoms with E-state index >= 15 is 0 Å². The molecule has 0 saturated carbocycles. The van der Waals surface area contributed by atoms with Crippen LogP contribution in [0.4, 0.5) is 11.4 Å². The first-order valence-corrected chi connectivity index (χ1v) is 11.8. The van der Waals surface area contributed by atoms with Crippen LogP contribution >= 0.6 is 34.9 Å². The van der Waals surface area contributed by atoms with Gasteiger partial charge in [-0.25, -0.2) is 0 Å². The van der Waals surface area contributed by atoms with E-state index < -0.39 is 0 Å². The number of carbonyl (C=O) groups excluding carboxylic acids is 2. The molecule has 4 rings (SSSR count). The van der Waals surface area contributed by atoms with Crippen molar-refractivity contribution in [1.82, 2.24) is 10.2 Å². The van der Waals surface area contributed by atoms with Gasteiger partial charge in [0.1, 0.15) is 12.3 Å². The zero-order valence-corrected chi connectivity index (χ0v) is 18.5. The molecule has 0 saturated heterocycles. The number of rotatable bonds is 7. The first kappa shape index (κ1) is 20.7. The van der Waals surface area contributed by atoms with E-state index in [4.69, 9.17) is 4.74 Å². The number of para-hydroxylation sites is 2. The summed E-state index contributed by atoms with van der Waals surface area (Å²) in [5.74, 6) is 1.48. The van der Waals surface area contributed by atoms with Gasteiger partial charge in [-0.05, 0) is 29.8 Å². The van der Waals surface area contributed by atoms with Gasteiger partial charge in [0.05, 0.1) is 24.2 Å². The maximum absolute atomic E-state index is 12.7. The minimum absolute atomic E-state index is 0.0233. The number of nitrogens with one attached hydrogen (secondary N) is 1. The number of thioether (sulfide) groups is 2. The predicted octanol–water partition coefficient (Wildman–Crippen LogP) is 3.92. The Morgan fingerprint density at radius 2 is 1.87 bits per heavy atom. The van der Waals surface area contributed by atoms with E-state index in [1.165, 1.54) is 33.6 Å². The molecule has 2 amide bonds. The number of benzene rings is 2. The summed E-state index contributed by atoms with van der Waals surface area (Å²) in [6.45, 7) is 0.0233. The summed E-state index contributed by atoms with van der Waals surface area (Å²) < 4.78 is 6.75. The van der Waals surface area contributed by atoms with E-state index in [1.807, 2.05) is 42.5 Å². The van der Waals surface area contributed by atoms with Crippen LogP contribution in [0.15, 0.2) is 57.2 Å². The van der Waals surface area contributed by atoms with Gasteiger partial charge in [0.2, 0.25) is 11.8 Å². The van der Waals surface area contributed by atoms with Gasteiger partial charge in [-0.1, -0.05) is 59.1 Å². The monoisotopic (exact) mass is 458 g/mol. The Balaban J connectivity index is 1.32. The number of amides is 2. The first-order chi connectivity index (χ1) is 14.6. The standard InChI is InChI=1S/C20H18N4O3S3/c1-27-14-8-6-13(7-9-14)11-28-19-22-23-20(30-19)29-12-18(26)24-10-17(25)21-15-4-2-3-5-16(15)24/h2-9H,10-12H2,1H3,(H,21,25). The highest BCUT2D eigenvalue weighted by Gasteiger charge is 2.26. The van der Waals surface area contributed by atoms with Crippen molar-refractivity contribution in [2.45, 2.75) is 14.4 Å². The highest BCUT2D eigenvalue weighted by Crippen LogP contribution is 2.33. The molecule has 0 atom stereocenters. The van der Waals surface area contributed by atoms with Crippen LogP contribution in [0.1, 0.15) is 5.56 Å². The Hall–Kier alpha value is -2.56. The second kappa shape index (κ2) is 9.50. The maximum atomic E-state index is 12.7. The van der Waals surface area contributed by atoms with E-state index in [0.29, 0.717) is 5.69 Å². The molecule has 0 radical (unpaired) electrons. The number of anilines is 2. The molecular weight excluding hydrogens is 440 g/mol. The fourth-order valence-corrected chi connectivity index (χ4v) is 5.69. The molecule has 0 spiro atoms. The summed E-state index contributed by atoms with van der Waals surface area (Å²) >= 11 is 4.40. The largest absolute Gasteiger partial charge is 0.497 e. The Morgan fingerprint density at radius 3 is 2.63 bits per heavy atom. The van der Waals surface area contributed by atoms with Crippen molar-refractivity contribution in [1.29, 1.82) is 0 Å². The third kappa shape index (κ3) is 4.94. The van der Waals surface area contributed by atoms with Gasteiger partial charge in [0.25, 0.3) is 0 Å². The lowest BCUT2D eigenvalue weighted by Gasteiger charge is -2.28. The average Bonchev–Trinajstić information content (AvgIpc) is 3.23. The number of carbonyl (C=O) groups is 2. The van der Waals surface area contributed by atoms with E-state index in [0.717, 1.165) is 25.9 Å². The molecule has 1 aliphatic heterocycles. The summed E-state index contributed by atoms with van der Waals surface area (Å²) in [5, 5.41) is 11.2. The van der Waals surface area contributed by atoms with E-state index in [2.05, 4.69) is 15.5 Å². The number of nitrogens with zero attached hydrogens (tertiary/aromatic N) is 3. The minimum atomic E-state index is -0.194. The van der Waals surface area contributed by atoms with Gasteiger partial charge in [-0.15, -0.1) is 10.2 Å². The van der Waals surface area contributed by atoms with Crippen LogP contribution in [0.25, 0.3) is 0 Å². The summed E-state index contributed by atoms with van der Waals surface area (Å²) in [5.41, 5.74) is 2.54. The topological polar surface area (TPSA) is 84.4 Å². The van der Waals surface area contributed by atoms with Crippen LogP contribution < -0.4 is 15.0 Å². The molecule has 0 unspecified atom stereocenters. The SMILES string of the molecule is COc1ccc(CSc2nnc(SCC(=O)N3CC(=O)Nc4ccccc43)s2)cc1. The molecule has 1 aromatic heterocycles. The Labute approximate surface area is 186 Å². The van der Waals surface area contributed by atoms with E-state index in [1.54, 1.807) is 24.9 Å². The highest BCUT2D eigenvalue weighted by atomic mass is 32.2. The number of hydrogen-bond acceptors (Lipinski definition) is 8. The molecule has 7 nitrogen and oxygen atoms in total. The summed E-state index contributed by atoms with van der Waals surface area (Å²) in [6.07, 6.45) is 0. The van der Waals surface area contributed by atoms with E-state index in [9.17, 15) is 9.59 Å². The third-order valence-electron chi connectivity index (χ3n) is 4.30. The molecule has 0 bridgehead atoms. The lowest BCUT2D eigenvalue weighted by Crippen LogP contribution is -2.43. The van der Waals surface area contributed by atoms with E-state index in [-0.39, 0.29) is 24.1 Å². The molecule has 154 valence electrons. The first-order valence-electron chi connectivity index (χ1n) is 9.03. The predicted molar refractivity (Wildman–Crippen MR) is 121 cm³/mol. The molecule has 3 aromatic rings. The maximum Gasteiger partial charge on any atom is 0.244 e. The number of aromatic nitrogens is 2. The number of ether oxygens (including phenoxy) is 1. The molecule has 2 aromatic carbocycles. The molecule has 10 heteroatoms. The molecule has 30 heavy (non-hydrogen) atoms. The fourth-order valence-electron chi connectivity index (χ4n) is 2.84. The van der Waals surface area contributed by atoms with Crippen molar-refractivity contribution in [2.75, 3.05) is 29.6 Å². The normalized spacial score (nSPS) is 13.0. The van der Waals surface area contributed by atoms with Gasteiger partial charge in [0, 0.05) is 5.75 Å². The molecule has 0 fully saturated rings. The van der Waals surface area contributed by atoms with Crippen molar-refractivity contribution in [2.24, 2.45) is 0 Å². The van der Waals surface area contributed by atoms with Crippen molar-refractivity contribution < 1.29 is 14.3 Å². The Bertz CT molecular complexity index is 1060. The molecule has 0 aliphatic carbocycles. The van der Waals surface area contributed by atoms with Gasteiger partial charge >= 0.3 is 0 Å². The lowest BCUT2D eigenvalue weighted by atomic mass is 10.2. The quantitative estimate of drug-likeness (QED) is 0.537. The van der Waals surface area contributed by atoms with Crippen LogP contribution in [-0.2, 0) is 15.3 Å². The van der Waals surface area contributed by atoms with Gasteiger partial charge in [-0.2, -0.15) is 0 Å². The van der Waals surface area contributed by atoms with Gasteiger partial charge in [-0.3, -0.25) is 9.59 Å². The zero-order valence-electron chi connectivity index (χ0n) is 16.0. The van der Waals surface area contributed by atoms with Gasteiger partial charge in [0.15, 0.2) is 8.68 Å². The summed E-state index contributed by atoms with van der Waals surface area (Å²) in [6, 6.07) is 15.2. The smallest absolute Gasteiger partial charge is 0.244 e. The van der Waals surface area contributed by atoms with Crippen molar-refractivity contribution in [3.8, 4) is 5.75 Å². The van der Waals surface area contributed by atoms with Crippen LogP contribution in [0.5, 0.6) is 5.75 Å². The molecule has 1 N–H and O–H groups in total.